The molecule has 0 aliphatic carbocycles. The molecule has 14 rings (SSSR count). The van der Waals surface area contributed by atoms with Crippen LogP contribution in [-0.2, 0) is 38.4 Å². The van der Waals surface area contributed by atoms with Gasteiger partial charge < -0.3 is 21.1 Å². The molecule has 6 aliphatic heterocycles. The summed E-state index contributed by atoms with van der Waals surface area (Å²) in [6.07, 6.45) is 6.96. The number of piperidine rings is 2. The van der Waals surface area contributed by atoms with E-state index in [4.69, 9.17) is 33.2 Å². The number of aliphatic imine (C=N–C) groups is 2. The van der Waals surface area contributed by atoms with E-state index in [1.165, 1.54) is 17.0 Å². The van der Waals surface area contributed by atoms with Crippen molar-refractivity contribution in [2.45, 2.75) is 184 Å². The molecular formula is C81H89Cl2N15O13S2. The summed E-state index contributed by atoms with van der Waals surface area (Å²) in [6, 6.07) is 21.2. The van der Waals surface area contributed by atoms with Gasteiger partial charge in [0, 0.05) is 85.7 Å². The molecule has 0 spiro atoms. The summed E-state index contributed by atoms with van der Waals surface area (Å²) in [4.78, 5) is 163. The number of aryl methyl sites for hydroxylation is 4. The van der Waals surface area contributed by atoms with E-state index >= 15 is 0 Å². The van der Waals surface area contributed by atoms with Gasteiger partial charge in [0.25, 0.3) is 23.6 Å². The van der Waals surface area contributed by atoms with Crippen LogP contribution in [0.4, 0.5) is 11.4 Å². The molecule has 113 heavy (non-hydrogen) atoms. The van der Waals surface area contributed by atoms with E-state index in [-0.39, 0.29) is 113 Å². The summed E-state index contributed by atoms with van der Waals surface area (Å²) < 4.78 is 3.95. The molecule has 6 aliphatic rings. The number of fused-ring (bicyclic) bond motifs is 8. The molecule has 0 radical (unpaired) electrons. The predicted octanol–water partition coefficient (Wildman–Crippen LogP) is 12.5. The molecule has 10 heterocycles. The van der Waals surface area contributed by atoms with E-state index in [1.54, 1.807) is 46.9 Å². The Hall–Kier alpha value is -11.1. The Morgan fingerprint density at radius 2 is 0.938 bits per heavy atom. The molecule has 6 N–H and O–H groups in total. The molecule has 592 valence electrons. The Bertz CT molecular complexity index is 5180. The number of unbranched alkanes of at least 4 members (excludes halogenated alkanes) is 5. The highest BCUT2D eigenvalue weighted by Crippen LogP contribution is 2.43. The van der Waals surface area contributed by atoms with Crippen LogP contribution in [0.1, 0.15) is 238 Å². The van der Waals surface area contributed by atoms with Crippen LogP contribution in [0.2, 0.25) is 10.0 Å². The quantitative estimate of drug-likeness (QED) is 0.0229. The highest BCUT2D eigenvalue weighted by molar-refractivity contribution is 7.15. The third-order valence-corrected chi connectivity index (χ3v) is 23.0. The van der Waals surface area contributed by atoms with Gasteiger partial charge in [-0.05, 0) is 133 Å². The number of hydrogen-bond acceptors (Lipinski definition) is 22. The molecule has 4 atom stereocenters. The Balaban J connectivity index is 0.000000196. The molecule has 2 saturated heterocycles. The second kappa shape index (κ2) is 36.6. The first kappa shape index (κ1) is 84.4. The molecule has 9 amide bonds. The predicted molar refractivity (Wildman–Crippen MR) is 430 cm³/mol. The lowest BCUT2D eigenvalue weighted by Gasteiger charge is -2.27. The maximum Gasteiger partial charge on any atom is 0.306 e. The average molecular weight is 1620 g/mol. The lowest BCUT2D eigenvalue weighted by molar-refractivity contribution is -0.138. The number of carboxylic acid groups (broad SMARTS) is 1. The highest BCUT2D eigenvalue weighted by Gasteiger charge is 2.48. The van der Waals surface area contributed by atoms with Crippen molar-refractivity contribution in [1.29, 1.82) is 0 Å². The number of rotatable bonds is 25. The van der Waals surface area contributed by atoms with Crippen LogP contribution in [-0.4, -0.2) is 158 Å². The standard InChI is InChI=1S/C39H39ClN8O6S.C21H25N3O5.C19H17ClN4O2S.2CH4/c1-20-21(2)55-39-32(20)34(23-11-13-24(40)14-12-23)43-28(35-46-45-22(3)47(35)39)18-31(51)41-17-6-4-5-8-25(49)19-42-27-10-7-9-26-33(27)38(54)48(37(26)53)29-15-16-30(50)44-36(29)52;1-2-3-4-5-7-13(25)12-22-15-9-6-8-14-18(15)21(29)24(20(14)28)16-10-11-17(26)23-19(16)27;1-9-10(2)27-19-16(9)17(12-4-6-13(20)7-5-12)21-14(8-15(25)26)18-23-22-11(3)24(18)19;;/h7,9-14,28-29,42H,4-6,8,15-19H2,1-3H3,(H,41,51)(H,44,50,52);6,8-9,16,22H,2-5,7,10-12H2,1H3,(H,23,26,27);4-7,14H,8H2,1-3H3,(H,25,26);2*1H4/t28-,29?;;14-;;/m0.0../s1. The van der Waals surface area contributed by atoms with Gasteiger partial charge in [-0.15, -0.1) is 43.1 Å². The SMILES string of the molecule is C.C.CCCCCCC(=O)CNc1cccc2c1C(=O)N(C1CCC(=O)NC1=O)C2=O.Cc1sc2c(c1C)C(c1ccc(Cl)cc1)=N[C@@H](CC(=O)NCCCCCC(=O)CNc1cccc3c1C(=O)N(C1CCC(=O)NC1=O)C3=O)c1nnc(C)n1-2.Cc1sc2c(c1C)C(c1ccc(Cl)cc1)=N[C@@H](CC(=O)O)c1nnc(C)n1-2. The van der Waals surface area contributed by atoms with Gasteiger partial charge in [-0.3, -0.25) is 97.1 Å². The average Bonchev–Trinajstić information content (AvgIpc) is 1.63. The molecule has 28 nitrogen and oxygen atoms in total. The minimum atomic E-state index is -1.07. The van der Waals surface area contributed by atoms with Crippen LogP contribution in [0.5, 0.6) is 0 Å². The van der Waals surface area contributed by atoms with Crippen molar-refractivity contribution in [3.8, 4) is 10.0 Å². The second-order valence-corrected chi connectivity index (χ2v) is 31.0. The van der Waals surface area contributed by atoms with Gasteiger partial charge in [0.2, 0.25) is 29.5 Å². The number of imide groups is 4. The largest absolute Gasteiger partial charge is 0.481 e. The molecule has 8 aromatic rings. The van der Waals surface area contributed by atoms with Gasteiger partial charge in [0.15, 0.2) is 23.2 Å². The number of ketones is 2. The van der Waals surface area contributed by atoms with Crippen molar-refractivity contribution in [1.82, 2.24) is 55.3 Å². The molecule has 4 aromatic carbocycles. The summed E-state index contributed by atoms with van der Waals surface area (Å²) in [5.74, 6) is -3.13. The lowest BCUT2D eigenvalue weighted by atomic mass is 9.99. The molecular weight excluding hydrogens is 1530 g/mol. The van der Waals surface area contributed by atoms with Gasteiger partial charge in [-0.1, -0.05) is 107 Å². The van der Waals surface area contributed by atoms with E-state index in [9.17, 15) is 62.6 Å². The number of aromatic nitrogens is 6. The number of anilines is 2. The zero-order valence-corrected chi connectivity index (χ0v) is 65.2. The van der Waals surface area contributed by atoms with Crippen molar-refractivity contribution in [3.05, 3.63) is 184 Å². The maximum absolute atomic E-state index is 13.3. The van der Waals surface area contributed by atoms with Crippen LogP contribution in [0.15, 0.2) is 94.9 Å². The van der Waals surface area contributed by atoms with Crippen molar-refractivity contribution in [2.75, 3.05) is 30.3 Å². The number of aliphatic carboxylic acids is 1. The number of nitrogens with one attached hydrogen (secondary N) is 5. The molecule has 32 heteroatoms. The first-order valence-electron chi connectivity index (χ1n) is 36.6. The number of halogens is 2. The van der Waals surface area contributed by atoms with Gasteiger partial charge in [-0.2, -0.15) is 0 Å². The van der Waals surface area contributed by atoms with E-state index in [1.807, 2.05) is 71.5 Å². The van der Waals surface area contributed by atoms with E-state index in [2.05, 4.69) is 81.6 Å². The first-order chi connectivity index (χ1) is 53.2. The number of hydrogen-bond donors (Lipinski definition) is 6. The number of nitrogens with zero attached hydrogens (tertiary/aromatic N) is 10. The van der Waals surface area contributed by atoms with Gasteiger partial charge >= 0.3 is 5.97 Å². The number of Topliss-reactive ketones (excluding diaryl/α,β-unsaturated/α-hetero) is 2. The van der Waals surface area contributed by atoms with Crippen LogP contribution in [0, 0.1) is 41.5 Å². The molecule has 0 saturated carbocycles. The van der Waals surface area contributed by atoms with Crippen LogP contribution >= 0.6 is 45.9 Å². The van der Waals surface area contributed by atoms with Gasteiger partial charge in [0.1, 0.15) is 45.8 Å². The monoisotopic (exact) mass is 1610 g/mol. The minimum Gasteiger partial charge on any atom is -0.481 e. The zero-order chi connectivity index (χ0) is 79.2. The number of amides is 9. The van der Waals surface area contributed by atoms with E-state index in [0.717, 1.165) is 101 Å². The first-order valence-corrected chi connectivity index (χ1v) is 39.0. The van der Waals surface area contributed by atoms with Gasteiger partial charge in [-0.25, -0.2) is 0 Å². The summed E-state index contributed by atoms with van der Waals surface area (Å²) >= 11 is 15.6. The number of carbonyl (C=O) groups excluding carboxylic acids is 11. The molecule has 2 unspecified atom stereocenters. The fourth-order valence-electron chi connectivity index (χ4n) is 14.2. The Kier molecular flexibility index (Phi) is 27.3. The normalized spacial score (nSPS) is 17.1. The number of carboxylic acids is 1. The highest BCUT2D eigenvalue weighted by atomic mass is 35.5. The van der Waals surface area contributed by atoms with Crippen LogP contribution < -0.4 is 26.6 Å². The number of carbonyl (C=O) groups is 12. The fraction of sp³-hybridized carbons (Fsp3) is 0.383. The number of benzene rings is 4. The van der Waals surface area contributed by atoms with Crippen molar-refractivity contribution >= 4 is 139 Å². The van der Waals surface area contributed by atoms with Crippen molar-refractivity contribution in [2.24, 2.45) is 9.98 Å². The summed E-state index contributed by atoms with van der Waals surface area (Å²) in [5, 5.41) is 43.2. The summed E-state index contributed by atoms with van der Waals surface area (Å²) in [7, 11) is 0. The summed E-state index contributed by atoms with van der Waals surface area (Å²) in [5.41, 5.74) is 8.90. The van der Waals surface area contributed by atoms with Crippen molar-refractivity contribution < 1.29 is 62.6 Å². The Labute approximate surface area is 671 Å². The molecule has 0 bridgehead atoms. The second-order valence-electron chi connectivity index (χ2n) is 27.7. The Morgan fingerprint density at radius 1 is 0.522 bits per heavy atom. The van der Waals surface area contributed by atoms with Crippen LogP contribution in [0.25, 0.3) is 10.0 Å². The molecule has 2 fully saturated rings. The summed E-state index contributed by atoms with van der Waals surface area (Å²) in [6.45, 7) is 14.6. The topological polar surface area (TPSA) is 378 Å². The van der Waals surface area contributed by atoms with Crippen LogP contribution in [0.3, 0.4) is 0 Å². The fourth-order valence-corrected chi connectivity index (χ4v) is 16.8. The van der Waals surface area contributed by atoms with E-state index < -0.39 is 77.4 Å². The third kappa shape index (κ3) is 18.0. The van der Waals surface area contributed by atoms with Crippen molar-refractivity contribution in [3.63, 3.8) is 0 Å². The smallest absolute Gasteiger partial charge is 0.306 e. The third-order valence-electron chi connectivity index (χ3n) is 20.1. The zero-order valence-electron chi connectivity index (χ0n) is 62.0. The molecule has 4 aromatic heterocycles. The lowest BCUT2D eigenvalue weighted by Crippen LogP contribution is -2.54. The Morgan fingerprint density at radius 3 is 1.35 bits per heavy atom. The minimum absolute atomic E-state index is 0. The number of thiophene rings is 2. The van der Waals surface area contributed by atoms with Gasteiger partial charge in [0.05, 0.1) is 59.6 Å². The maximum atomic E-state index is 13.3. The van der Waals surface area contributed by atoms with E-state index in [0.29, 0.717) is 71.1 Å².